The number of pyridine rings is 2. The van der Waals surface area contributed by atoms with E-state index in [2.05, 4.69) is 85.8 Å². The summed E-state index contributed by atoms with van der Waals surface area (Å²) in [6.07, 6.45) is 4.59. The summed E-state index contributed by atoms with van der Waals surface area (Å²) in [5.74, 6) is 0. The van der Waals surface area contributed by atoms with Crippen LogP contribution in [0, 0.1) is 6.92 Å². The van der Waals surface area contributed by atoms with Gasteiger partial charge in [-0.3, -0.25) is 9.97 Å². The third-order valence-electron chi connectivity index (χ3n) is 5.31. The third-order valence-corrected chi connectivity index (χ3v) is 5.31. The molecule has 0 fully saturated rings. The molecule has 0 aliphatic rings. The highest BCUT2D eigenvalue weighted by molar-refractivity contribution is 5.95. The molecule has 2 heteroatoms. The number of fused-ring (bicyclic) bond motifs is 2. The van der Waals surface area contributed by atoms with Crippen LogP contribution < -0.4 is 0 Å². The second-order valence-corrected chi connectivity index (χ2v) is 7.20. The van der Waals surface area contributed by atoms with Crippen molar-refractivity contribution in [2.75, 3.05) is 0 Å². The Morgan fingerprint density at radius 1 is 0.679 bits per heavy atom. The van der Waals surface area contributed by atoms with Crippen LogP contribution in [-0.2, 0) is 6.42 Å². The standard InChI is InChI=1S/C26H20N2/c1-18-10-11-21(17-25-22-8-4-2-6-19(22)12-14-27-25)24(16-18)26-23-9-5-3-7-20(23)13-15-28-26/h2-16H,17H2,1H3. The van der Waals surface area contributed by atoms with Crippen molar-refractivity contribution in [2.24, 2.45) is 0 Å². The van der Waals surface area contributed by atoms with Gasteiger partial charge in [-0.15, -0.1) is 0 Å². The first-order valence-electron chi connectivity index (χ1n) is 9.56. The first-order valence-corrected chi connectivity index (χ1v) is 9.56. The summed E-state index contributed by atoms with van der Waals surface area (Å²) >= 11 is 0. The highest BCUT2D eigenvalue weighted by Gasteiger charge is 2.13. The molecule has 5 rings (SSSR count). The number of rotatable bonds is 3. The van der Waals surface area contributed by atoms with Gasteiger partial charge < -0.3 is 0 Å². The molecule has 134 valence electrons. The van der Waals surface area contributed by atoms with Crippen molar-refractivity contribution >= 4 is 21.5 Å². The maximum Gasteiger partial charge on any atom is 0.0783 e. The van der Waals surface area contributed by atoms with E-state index in [1.807, 2.05) is 12.4 Å². The van der Waals surface area contributed by atoms with Gasteiger partial charge in [-0.25, -0.2) is 0 Å². The Morgan fingerprint density at radius 3 is 2.18 bits per heavy atom. The van der Waals surface area contributed by atoms with Gasteiger partial charge in [0.15, 0.2) is 0 Å². The van der Waals surface area contributed by atoms with E-state index in [-0.39, 0.29) is 0 Å². The van der Waals surface area contributed by atoms with Gasteiger partial charge in [0, 0.05) is 35.2 Å². The molecule has 5 aromatic rings. The molecule has 0 saturated carbocycles. The quantitative estimate of drug-likeness (QED) is 0.375. The van der Waals surface area contributed by atoms with Crippen LogP contribution >= 0.6 is 0 Å². The van der Waals surface area contributed by atoms with Crippen molar-refractivity contribution < 1.29 is 0 Å². The second-order valence-electron chi connectivity index (χ2n) is 7.20. The topological polar surface area (TPSA) is 25.8 Å². The van der Waals surface area contributed by atoms with Gasteiger partial charge in [-0.05, 0) is 41.5 Å². The third kappa shape index (κ3) is 2.93. The van der Waals surface area contributed by atoms with E-state index < -0.39 is 0 Å². The van der Waals surface area contributed by atoms with Crippen LogP contribution in [0.15, 0.2) is 91.3 Å². The van der Waals surface area contributed by atoms with Gasteiger partial charge in [0.25, 0.3) is 0 Å². The molecule has 0 amide bonds. The molecule has 2 heterocycles. The molecule has 28 heavy (non-hydrogen) atoms. The molecule has 0 aliphatic carbocycles. The predicted octanol–water partition coefficient (Wildman–Crippen LogP) is 6.35. The summed E-state index contributed by atoms with van der Waals surface area (Å²) in [4.78, 5) is 9.46. The zero-order valence-corrected chi connectivity index (χ0v) is 15.8. The van der Waals surface area contributed by atoms with Crippen LogP contribution in [-0.4, -0.2) is 9.97 Å². The van der Waals surface area contributed by atoms with Gasteiger partial charge in [0.2, 0.25) is 0 Å². The molecule has 0 atom stereocenters. The Hall–Kier alpha value is -3.52. The van der Waals surface area contributed by atoms with Gasteiger partial charge >= 0.3 is 0 Å². The molecule has 2 nitrogen and oxygen atoms in total. The van der Waals surface area contributed by atoms with Crippen molar-refractivity contribution in [3.05, 3.63) is 108 Å². The number of aromatic nitrogens is 2. The SMILES string of the molecule is Cc1ccc(Cc2nccc3ccccc23)c(-c2nccc3ccccc23)c1. The zero-order chi connectivity index (χ0) is 18.9. The van der Waals surface area contributed by atoms with E-state index in [1.54, 1.807) is 0 Å². The minimum Gasteiger partial charge on any atom is -0.260 e. The smallest absolute Gasteiger partial charge is 0.0783 e. The lowest BCUT2D eigenvalue weighted by molar-refractivity contribution is 1.09. The lowest BCUT2D eigenvalue weighted by Crippen LogP contribution is -1.98. The van der Waals surface area contributed by atoms with Crippen LogP contribution in [0.5, 0.6) is 0 Å². The number of hydrogen-bond acceptors (Lipinski definition) is 2. The molecular weight excluding hydrogens is 340 g/mol. The van der Waals surface area contributed by atoms with E-state index in [0.717, 1.165) is 17.8 Å². The maximum atomic E-state index is 4.76. The highest BCUT2D eigenvalue weighted by atomic mass is 14.7. The van der Waals surface area contributed by atoms with Crippen LogP contribution in [0.2, 0.25) is 0 Å². The van der Waals surface area contributed by atoms with Crippen molar-refractivity contribution in [1.82, 2.24) is 9.97 Å². The summed E-state index contributed by atoms with van der Waals surface area (Å²) in [5, 5.41) is 4.83. The minimum absolute atomic E-state index is 0.780. The highest BCUT2D eigenvalue weighted by Crippen LogP contribution is 2.31. The molecular formula is C26H20N2. The summed E-state index contributed by atoms with van der Waals surface area (Å²) < 4.78 is 0. The van der Waals surface area contributed by atoms with Crippen molar-refractivity contribution in [3.8, 4) is 11.3 Å². The molecule has 0 bridgehead atoms. The molecule has 0 aliphatic heterocycles. The van der Waals surface area contributed by atoms with E-state index >= 15 is 0 Å². The molecule has 0 unspecified atom stereocenters. The lowest BCUT2D eigenvalue weighted by Gasteiger charge is -2.13. The molecule has 2 aromatic heterocycles. The van der Waals surface area contributed by atoms with Crippen molar-refractivity contribution in [3.63, 3.8) is 0 Å². The fourth-order valence-electron chi connectivity index (χ4n) is 3.90. The molecule has 3 aromatic carbocycles. The van der Waals surface area contributed by atoms with Gasteiger partial charge in [-0.2, -0.15) is 0 Å². The van der Waals surface area contributed by atoms with Crippen molar-refractivity contribution in [2.45, 2.75) is 13.3 Å². The average molecular weight is 360 g/mol. The molecule has 0 saturated heterocycles. The monoisotopic (exact) mass is 360 g/mol. The minimum atomic E-state index is 0.780. The van der Waals surface area contributed by atoms with E-state index in [1.165, 1.54) is 38.2 Å². The molecule has 0 spiro atoms. The van der Waals surface area contributed by atoms with Crippen molar-refractivity contribution in [1.29, 1.82) is 0 Å². The molecule has 0 N–H and O–H groups in total. The van der Waals surface area contributed by atoms with Crippen LogP contribution in [0.3, 0.4) is 0 Å². The van der Waals surface area contributed by atoms with Gasteiger partial charge in [-0.1, -0.05) is 66.2 Å². The fourth-order valence-corrected chi connectivity index (χ4v) is 3.90. The number of hydrogen-bond donors (Lipinski definition) is 0. The summed E-state index contributed by atoms with van der Waals surface area (Å²) in [6, 6.07) is 27.7. The Labute approximate surface area is 164 Å². The largest absolute Gasteiger partial charge is 0.260 e. The summed E-state index contributed by atoms with van der Waals surface area (Å²) in [6.45, 7) is 2.13. The van der Waals surface area contributed by atoms with E-state index in [9.17, 15) is 0 Å². The fraction of sp³-hybridized carbons (Fsp3) is 0.0769. The predicted molar refractivity (Wildman–Crippen MR) is 116 cm³/mol. The zero-order valence-electron chi connectivity index (χ0n) is 15.8. The lowest BCUT2D eigenvalue weighted by atomic mass is 9.94. The number of aryl methyl sites for hydroxylation is 1. The Bertz CT molecular complexity index is 1290. The Kier molecular flexibility index (Phi) is 4.10. The van der Waals surface area contributed by atoms with Gasteiger partial charge in [0.1, 0.15) is 0 Å². The first kappa shape index (κ1) is 16.6. The van der Waals surface area contributed by atoms with Gasteiger partial charge in [0.05, 0.1) is 11.4 Å². The number of nitrogens with zero attached hydrogens (tertiary/aromatic N) is 2. The maximum absolute atomic E-state index is 4.76. The second kappa shape index (κ2) is 6.90. The van der Waals surface area contributed by atoms with E-state index in [0.29, 0.717) is 0 Å². The van der Waals surface area contributed by atoms with Crippen LogP contribution in [0.4, 0.5) is 0 Å². The first-order chi connectivity index (χ1) is 13.8. The van der Waals surface area contributed by atoms with Crippen LogP contribution in [0.1, 0.15) is 16.8 Å². The molecule has 0 radical (unpaired) electrons. The Morgan fingerprint density at radius 2 is 1.36 bits per heavy atom. The normalized spacial score (nSPS) is 11.2. The summed E-state index contributed by atoms with van der Waals surface area (Å²) in [5.41, 5.74) is 5.81. The van der Waals surface area contributed by atoms with E-state index in [4.69, 9.17) is 9.97 Å². The van der Waals surface area contributed by atoms with Crippen LogP contribution in [0.25, 0.3) is 32.8 Å². The summed E-state index contributed by atoms with van der Waals surface area (Å²) in [7, 11) is 0. The number of benzene rings is 3. The Balaban J connectivity index is 1.69. The average Bonchev–Trinajstić information content (AvgIpc) is 2.75.